The normalized spacial score (nSPS) is 15.6. The van der Waals surface area contributed by atoms with Crippen molar-refractivity contribution < 1.29 is 9.18 Å². The van der Waals surface area contributed by atoms with E-state index in [0.29, 0.717) is 31.9 Å². The largest absolute Gasteiger partial charge is 0.366 e. The van der Waals surface area contributed by atoms with Gasteiger partial charge in [0.1, 0.15) is 11.9 Å². The van der Waals surface area contributed by atoms with Gasteiger partial charge in [-0.25, -0.2) is 4.39 Å². The second kappa shape index (κ2) is 7.66. The van der Waals surface area contributed by atoms with Crippen LogP contribution in [-0.4, -0.2) is 41.6 Å². The summed E-state index contributed by atoms with van der Waals surface area (Å²) in [4.78, 5) is 17.2. The number of para-hydroxylation sites is 1. The van der Waals surface area contributed by atoms with E-state index in [-0.39, 0.29) is 17.8 Å². The number of nitrogens with zero attached hydrogens (tertiary/aromatic N) is 3. The average molecular weight is 363 g/mol. The minimum Gasteiger partial charge on any atom is -0.366 e. The number of carbonyl (C=O) groups is 1. The maximum Gasteiger partial charge on any atom is 0.250 e. The maximum atomic E-state index is 14.0. The molecule has 0 radical (unpaired) electrons. The molecule has 0 bridgehead atoms. The number of anilines is 1. The molecule has 1 fully saturated rings. The van der Waals surface area contributed by atoms with E-state index < -0.39 is 0 Å². The van der Waals surface area contributed by atoms with Gasteiger partial charge in [0.15, 0.2) is 0 Å². The molecule has 0 N–H and O–H groups in total. The molecule has 138 valence electrons. The highest BCUT2D eigenvalue weighted by Gasteiger charge is 2.29. The van der Waals surface area contributed by atoms with Gasteiger partial charge in [0.2, 0.25) is 5.91 Å². The first-order chi connectivity index (χ1) is 13.2. The number of amides is 1. The van der Waals surface area contributed by atoms with E-state index >= 15 is 0 Å². The third-order valence-electron chi connectivity index (χ3n) is 5.06. The number of hydrogen-bond acceptors (Lipinski definition) is 2. The smallest absolute Gasteiger partial charge is 0.250 e. The number of piperazine rings is 1. The van der Waals surface area contributed by atoms with E-state index in [0.717, 1.165) is 5.56 Å². The molecule has 1 saturated heterocycles. The second-order valence-corrected chi connectivity index (χ2v) is 6.71. The summed E-state index contributed by atoms with van der Waals surface area (Å²) in [5.41, 5.74) is 1.57. The number of carbonyl (C=O) groups excluding carboxylic acids is 1. The van der Waals surface area contributed by atoms with Crippen LogP contribution in [0, 0.1) is 5.82 Å². The minimum absolute atomic E-state index is 0.0746. The second-order valence-electron chi connectivity index (χ2n) is 6.71. The molecule has 1 atom stereocenters. The SMILES string of the molecule is O=C(C(c1ccccc1)n1cccc1)N1CCN(c2ccccc2F)CC1. The molecule has 1 amide bonds. The lowest BCUT2D eigenvalue weighted by molar-refractivity contribution is -0.133. The Bertz CT molecular complexity index is 887. The van der Waals surface area contributed by atoms with Crippen LogP contribution in [0.4, 0.5) is 10.1 Å². The van der Waals surface area contributed by atoms with Gasteiger partial charge in [0, 0.05) is 38.6 Å². The van der Waals surface area contributed by atoms with E-state index in [1.54, 1.807) is 12.1 Å². The van der Waals surface area contributed by atoms with Gasteiger partial charge < -0.3 is 14.4 Å². The summed E-state index contributed by atoms with van der Waals surface area (Å²) in [5.74, 6) is -0.141. The standard InChI is InChI=1S/C22H22FN3O/c23-19-10-4-5-11-20(19)24-14-16-26(17-15-24)22(27)21(25-12-6-7-13-25)18-8-2-1-3-9-18/h1-13,21H,14-17H2. The fraction of sp³-hybridized carbons (Fsp3) is 0.227. The third-order valence-corrected chi connectivity index (χ3v) is 5.06. The van der Waals surface area contributed by atoms with E-state index in [2.05, 4.69) is 0 Å². The Kier molecular flexibility index (Phi) is 4.92. The molecule has 1 aromatic heterocycles. The molecule has 2 aromatic carbocycles. The predicted molar refractivity (Wildman–Crippen MR) is 104 cm³/mol. The molecule has 4 rings (SSSR count). The summed E-state index contributed by atoms with van der Waals surface area (Å²) in [5, 5.41) is 0. The van der Waals surface area contributed by atoms with Gasteiger partial charge in [0.25, 0.3) is 0 Å². The van der Waals surface area contributed by atoms with E-state index in [1.807, 2.05) is 75.3 Å². The summed E-state index contributed by atoms with van der Waals surface area (Å²) in [6.45, 7) is 2.41. The highest BCUT2D eigenvalue weighted by molar-refractivity contribution is 5.84. The Labute approximate surface area is 158 Å². The van der Waals surface area contributed by atoms with Gasteiger partial charge in [0.05, 0.1) is 5.69 Å². The van der Waals surface area contributed by atoms with Crippen molar-refractivity contribution in [2.24, 2.45) is 0 Å². The van der Waals surface area contributed by atoms with Crippen molar-refractivity contribution in [1.82, 2.24) is 9.47 Å². The van der Waals surface area contributed by atoms with Crippen molar-refractivity contribution in [3.05, 3.63) is 90.5 Å². The zero-order valence-electron chi connectivity index (χ0n) is 15.0. The van der Waals surface area contributed by atoms with Crippen molar-refractivity contribution in [2.45, 2.75) is 6.04 Å². The average Bonchev–Trinajstić information content (AvgIpc) is 3.24. The Hall–Kier alpha value is -3.08. The molecule has 0 spiro atoms. The van der Waals surface area contributed by atoms with Crippen LogP contribution in [0.5, 0.6) is 0 Å². The lowest BCUT2D eigenvalue weighted by atomic mass is 10.0. The molecule has 2 heterocycles. The first-order valence-electron chi connectivity index (χ1n) is 9.20. The van der Waals surface area contributed by atoms with Crippen LogP contribution in [-0.2, 0) is 4.79 Å². The minimum atomic E-state index is -0.374. The van der Waals surface area contributed by atoms with Crippen molar-refractivity contribution in [2.75, 3.05) is 31.1 Å². The zero-order chi connectivity index (χ0) is 18.6. The highest BCUT2D eigenvalue weighted by Crippen LogP contribution is 2.24. The van der Waals surface area contributed by atoms with Crippen molar-refractivity contribution >= 4 is 11.6 Å². The van der Waals surface area contributed by atoms with Gasteiger partial charge in [-0.1, -0.05) is 42.5 Å². The molecule has 1 aliphatic rings. The Balaban J connectivity index is 1.51. The van der Waals surface area contributed by atoms with Crippen LogP contribution in [0.3, 0.4) is 0 Å². The first kappa shape index (κ1) is 17.3. The van der Waals surface area contributed by atoms with Gasteiger partial charge in [-0.2, -0.15) is 0 Å². The van der Waals surface area contributed by atoms with Crippen molar-refractivity contribution in [3.63, 3.8) is 0 Å². The Morgan fingerprint density at radius 3 is 2.11 bits per heavy atom. The lowest BCUT2D eigenvalue weighted by Gasteiger charge is -2.38. The molecule has 1 aliphatic heterocycles. The number of hydrogen-bond donors (Lipinski definition) is 0. The van der Waals surface area contributed by atoms with Gasteiger partial charge >= 0.3 is 0 Å². The van der Waals surface area contributed by atoms with Gasteiger partial charge in [-0.3, -0.25) is 4.79 Å². The van der Waals surface area contributed by atoms with E-state index in [1.165, 1.54) is 6.07 Å². The summed E-state index contributed by atoms with van der Waals surface area (Å²) >= 11 is 0. The van der Waals surface area contributed by atoms with E-state index in [4.69, 9.17) is 0 Å². The number of benzene rings is 2. The third kappa shape index (κ3) is 3.58. The molecular formula is C22H22FN3O. The molecule has 3 aromatic rings. The summed E-state index contributed by atoms with van der Waals surface area (Å²) in [6.07, 6.45) is 3.84. The summed E-state index contributed by atoms with van der Waals surface area (Å²) < 4.78 is 16.0. The highest BCUT2D eigenvalue weighted by atomic mass is 19.1. The fourth-order valence-corrected chi connectivity index (χ4v) is 3.65. The van der Waals surface area contributed by atoms with Crippen LogP contribution >= 0.6 is 0 Å². The van der Waals surface area contributed by atoms with Gasteiger partial charge in [-0.05, 0) is 29.8 Å². The van der Waals surface area contributed by atoms with Crippen LogP contribution in [0.1, 0.15) is 11.6 Å². The fourth-order valence-electron chi connectivity index (χ4n) is 3.65. The van der Waals surface area contributed by atoms with E-state index in [9.17, 15) is 9.18 Å². The number of rotatable bonds is 4. The van der Waals surface area contributed by atoms with Crippen molar-refractivity contribution in [3.8, 4) is 0 Å². The summed E-state index contributed by atoms with van der Waals surface area (Å²) in [6, 6.07) is 20.1. The Morgan fingerprint density at radius 2 is 1.44 bits per heavy atom. The first-order valence-corrected chi connectivity index (χ1v) is 9.20. The molecule has 27 heavy (non-hydrogen) atoms. The summed E-state index contributed by atoms with van der Waals surface area (Å²) in [7, 11) is 0. The lowest BCUT2D eigenvalue weighted by Crippen LogP contribution is -2.51. The molecule has 4 nitrogen and oxygen atoms in total. The van der Waals surface area contributed by atoms with Crippen LogP contribution in [0.2, 0.25) is 0 Å². The van der Waals surface area contributed by atoms with Crippen molar-refractivity contribution in [1.29, 1.82) is 0 Å². The van der Waals surface area contributed by atoms with Crippen LogP contribution in [0.15, 0.2) is 79.1 Å². The quantitative estimate of drug-likeness (QED) is 0.709. The van der Waals surface area contributed by atoms with Crippen LogP contribution in [0.25, 0.3) is 0 Å². The molecular weight excluding hydrogens is 341 g/mol. The predicted octanol–water partition coefficient (Wildman–Crippen LogP) is 3.57. The Morgan fingerprint density at radius 1 is 0.815 bits per heavy atom. The molecule has 1 unspecified atom stereocenters. The molecule has 0 aliphatic carbocycles. The number of halogens is 1. The molecule has 5 heteroatoms. The monoisotopic (exact) mass is 363 g/mol. The van der Waals surface area contributed by atoms with Crippen LogP contribution < -0.4 is 4.90 Å². The zero-order valence-corrected chi connectivity index (χ0v) is 15.0. The van der Waals surface area contributed by atoms with Gasteiger partial charge in [-0.15, -0.1) is 0 Å². The number of aromatic nitrogens is 1. The topological polar surface area (TPSA) is 28.5 Å². The molecule has 0 saturated carbocycles. The maximum absolute atomic E-state index is 14.0.